The summed E-state index contributed by atoms with van der Waals surface area (Å²) in [7, 11) is 0. The molecule has 0 bridgehead atoms. The van der Waals surface area contributed by atoms with Crippen molar-refractivity contribution in [3.05, 3.63) is 24.3 Å². The summed E-state index contributed by atoms with van der Waals surface area (Å²) in [5, 5.41) is 40.0. The van der Waals surface area contributed by atoms with Crippen LogP contribution in [0.4, 0.5) is 0 Å². The Morgan fingerprint density at radius 3 is 1.28 bits per heavy atom. The summed E-state index contributed by atoms with van der Waals surface area (Å²) >= 11 is 0. The molecular formula is C54H98O11. The van der Waals surface area contributed by atoms with E-state index in [1.165, 1.54) is 161 Å². The van der Waals surface area contributed by atoms with E-state index < -0.39 is 54.7 Å². The third-order valence-electron chi connectivity index (χ3n) is 12.6. The average molecular weight is 923 g/mol. The minimum atomic E-state index is -1.86. The summed E-state index contributed by atoms with van der Waals surface area (Å²) in [6, 6.07) is 0. The molecule has 1 aliphatic heterocycles. The van der Waals surface area contributed by atoms with E-state index in [0.717, 1.165) is 51.4 Å². The normalized spacial score (nSPS) is 19.3. The summed E-state index contributed by atoms with van der Waals surface area (Å²) in [6.07, 6.45) is 42.2. The van der Waals surface area contributed by atoms with Gasteiger partial charge in [0, 0.05) is 12.8 Å². The molecule has 0 amide bonds. The molecule has 1 rings (SSSR count). The average Bonchev–Trinajstić information content (AvgIpc) is 3.29. The quantitative estimate of drug-likeness (QED) is 0.0260. The van der Waals surface area contributed by atoms with Gasteiger partial charge < -0.3 is 39.4 Å². The van der Waals surface area contributed by atoms with Crippen molar-refractivity contribution in [2.24, 2.45) is 0 Å². The van der Waals surface area contributed by atoms with E-state index in [1.807, 2.05) is 0 Å². The Morgan fingerprint density at radius 1 is 0.477 bits per heavy atom. The number of carbonyl (C=O) groups is 3. The topological polar surface area (TPSA) is 169 Å². The molecule has 1 saturated heterocycles. The van der Waals surface area contributed by atoms with E-state index in [9.17, 15) is 34.8 Å². The highest BCUT2D eigenvalue weighted by molar-refractivity contribution is 5.73. The van der Waals surface area contributed by atoms with Crippen LogP contribution in [-0.2, 0) is 33.3 Å². The van der Waals surface area contributed by atoms with Gasteiger partial charge in [0.05, 0.1) is 6.61 Å². The summed E-state index contributed by atoms with van der Waals surface area (Å²) in [4.78, 5) is 37.0. The van der Waals surface area contributed by atoms with Gasteiger partial charge in [-0.05, 0) is 44.9 Å². The molecule has 4 N–H and O–H groups in total. The van der Waals surface area contributed by atoms with Crippen LogP contribution in [0, 0.1) is 0 Å². The lowest BCUT2D eigenvalue weighted by atomic mass is 9.99. The Bertz CT molecular complexity index is 1180. The first-order chi connectivity index (χ1) is 31.7. The number of carboxylic acid groups (broad SMARTS) is 1. The predicted octanol–water partition coefficient (Wildman–Crippen LogP) is 12.9. The molecule has 0 radical (unpaired) electrons. The van der Waals surface area contributed by atoms with Crippen molar-refractivity contribution in [2.75, 3.05) is 13.2 Å². The number of esters is 2. The molecular weight excluding hydrogens is 825 g/mol. The van der Waals surface area contributed by atoms with Crippen LogP contribution in [0.3, 0.4) is 0 Å². The van der Waals surface area contributed by atoms with Gasteiger partial charge in [0.1, 0.15) is 24.9 Å². The Balaban J connectivity index is 2.27. The van der Waals surface area contributed by atoms with E-state index in [4.69, 9.17) is 18.9 Å². The van der Waals surface area contributed by atoms with E-state index >= 15 is 0 Å². The highest BCUT2D eigenvalue weighted by Gasteiger charge is 2.47. The summed E-state index contributed by atoms with van der Waals surface area (Å²) < 4.78 is 21.9. The third-order valence-corrected chi connectivity index (χ3v) is 12.6. The molecule has 11 heteroatoms. The molecule has 11 nitrogen and oxygen atoms in total. The number of aliphatic carboxylic acids is 1. The molecule has 1 aliphatic rings. The maximum Gasteiger partial charge on any atom is 0.335 e. The molecule has 6 atom stereocenters. The monoisotopic (exact) mass is 923 g/mol. The molecule has 0 spiro atoms. The summed E-state index contributed by atoms with van der Waals surface area (Å²) in [5.41, 5.74) is 0. The number of aliphatic hydroxyl groups excluding tert-OH is 3. The second kappa shape index (κ2) is 44.2. The van der Waals surface area contributed by atoms with Gasteiger partial charge in [-0.15, -0.1) is 0 Å². The maximum absolute atomic E-state index is 12.8. The van der Waals surface area contributed by atoms with Gasteiger partial charge in [0.25, 0.3) is 0 Å². The second-order valence-electron chi connectivity index (χ2n) is 18.7. The largest absolute Gasteiger partial charge is 0.479 e. The van der Waals surface area contributed by atoms with E-state index in [-0.39, 0.29) is 26.1 Å². The molecule has 0 aromatic heterocycles. The van der Waals surface area contributed by atoms with Crippen LogP contribution in [0.5, 0.6) is 0 Å². The van der Waals surface area contributed by atoms with Gasteiger partial charge in [-0.1, -0.05) is 218 Å². The lowest BCUT2D eigenvalue weighted by molar-refractivity contribution is -0.298. The molecule has 0 aromatic carbocycles. The number of ether oxygens (including phenoxy) is 4. The predicted molar refractivity (Wildman–Crippen MR) is 262 cm³/mol. The van der Waals surface area contributed by atoms with Gasteiger partial charge in [0.2, 0.25) is 0 Å². The standard InChI is InChI=1S/C54H98O11/c1-3-5-7-9-11-13-15-17-19-21-23-24-25-27-28-30-32-34-36-38-40-42-47(55)62-44-46(45-63-54-51(59)49(57)50(58)52(65-54)53(60)61)64-48(56)43-41-39-37-35-33-31-29-26-22-20-18-16-14-12-10-8-6-4-2/h15,17,21,23,46,49-52,54,57-59H,3-14,16,18-20,22,24-45H2,1-2H3,(H,60,61)/b17-15-,23-21-. The molecule has 1 fully saturated rings. The molecule has 65 heavy (non-hydrogen) atoms. The minimum Gasteiger partial charge on any atom is -0.479 e. The minimum absolute atomic E-state index is 0.187. The SMILES string of the molecule is CCCCCCC/C=C\C/C=C\CCCCCCCCCCCC(=O)OCC(COC1OC(C(=O)O)C(O)C(O)C1O)OC(=O)CCCCCCCCCCCCCCCCCCCC. The highest BCUT2D eigenvalue weighted by atomic mass is 16.7. The Kier molecular flexibility index (Phi) is 41.3. The first-order valence-corrected chi connectivity index (χ1v) is 26.9. The van der Waals surface area contributed by atoms with Crippen molar-refractivity contribution in [3.63, 3.8) is 0 Å². The Labute approximate surface area is 396 Å². The summed E-state index contributed by atoms with van der Waals surface area (Å²) in [5.74, 6) is -2.43. The molecule has 6 unspecified atom stereocenters. The van der Waals surface area contributed by atoms with E-state index in [0.29, 0.717) is 12.8 Å². The third kappa shape index (κ3) is 35.5. The van der Waals surface area contributed by atoms with Crippen LogP contribution in [0.1, 0.15) is 251 Å². The van der Waals surface area contributed by atoms with Crippen LogP contribution in [0.15, 0.2) is 24.3 Å². The van der Waals surface area contributed by atoms with Crippen molar-refractivity contribution in [2.45, 2.75) is 288 Å². The van der Waals surface area contributed by atoms with Crippen LogP contribution in [0.2, 0.25) is 0 Å². The number of carboxylic acids is 1. The van der Waals surface area contributed by atoms with Crippen molar-refractivity contribution in [3.8, 4) is 0 Å². The van der Waals surface area contributed by atoms with Crippen LogP contribution < -0.4 is 0 Å². The number of aliphatic hydroxyl groups is 3. The molecule has 380 valence electrons. The molecule has 0 saturated carbocycles. The number of hydrogen-bond donors (Lipinski definition) is 4. The lowest BCUT2D eigenvalue weighted by Gasteiger charge is -2.38. The fourth-order valence-corrected chi connectivity index (χ4v) is 8.32. The summed E-state index contributed by atoms with van der Waals surface area (Å²) in [6.45, 7) is 3.84. The van der Waals surface area contributed by atoms with Crippen LogP contribution >= 0.6 is 0 Å². The smallest absolute Gasteiger partial charge is 0.335 e. The number of carbonyl (C=O) groups excluding carboxylic acids is 2. The lowest BCUT2D eigenvalue weighted by Crippen LogP contribution is -2.60. The zero-order chi connectivity index (χ0) is 47.4. The van der Waals surface area contributed by atoms with Crippen molar-refractivity contribution in [1.29, 1.82) is 0 Å². The number of allylic oxidation sites excluding steroid dienone is 4. The van der Waals surface area contributed by atoms with Gasteiger partial charge >= 0.3 is 17.9 Å². The van der Waals surface area contributed by atoms with Crippen LogP contribution in [0.25, 0.3) is 0 Å². The number of unbranched alkanes of at least 4 members (excludes halogenated alkanes) is 31. The van der Waals surface area contributed by atoms with Gasteiger partial charge in [-0.25, -0.2) is 4.79 Å². The van der Waals surface area contributed by atoms with Crippen molar-refractivity contribution < 1.29 is 53.8 Å². The van der Waals surface area contributed by atoms with E-state index in [1.54, 1.807) is 0 Å². The van der Waals surface area contributed by atoms with Gasteiger partial charge in [0.15, 0.2) is 18.5 Å². The van der Waals surface area contributed by atoms with Gasteiger partial charge in [-0.2, -0.15) is 0 Å². The highest BCUT2D eigenvalue weighted by Crippen LogP contribution is 2.23. The fraction of sp³-hybridized carbons (Fsp3) is 0.870. The fourth-order valence-electron chi connectivity index (χ4n) is 8.32. The molecule has 0 aliphatic carbocycles. The number of rotatable bonds is 46. The Hall–Kier alpha value is -2.31. The van der Waals surface area contributed by atoms with Crippen molar-refractivity contribution >= 4 is 17.9 Å². The molecule has 1 heterocycles. The zero-order valence-corrected chi connectivity index (χ0v) is 41.5. The van der Waals surface area contributed by atoms with Gasteiger partial charge in [-0.3, -0.25) is 9.59 Å². The Morgan fingerprint density at radius 2 is 0.862 bits per heavy atom. The second-order valence-corrected chi connectivity index (χ2v) is 18.7. The molecule has 0 aromatic rings. The van der Waals surface area contributed by atoms with E-state index in [2.05, 4.69) is 38.2 Å². The number of hydrogen-bond acceptors (Lipinski definition) is 10. The zero-order valence-electron chi connectivity index (χ0n) is 41.5. The first kappa shape index (κ1) is 60.7. The maximum atomic E-state index is 12.8. The first-order valence-electron chi connectivity index (χ1n) is 26.9. The van der Waals surface area contributed by atoms with Crippen molar-refractivity contribution in [1.82, 2.24) is 0 Å². The van der Waals surface area contributed by atoms with Crippen LogP contribution in [-0.4, -0.2) is 88.4 Å².